The zero-order valence-corrected chi connectivity index (χ0v) is 13.8. The van der Waals surface area contributed by atoms with Crippen molar-refractivity contribution in [3.8, 4) is 0 Å². The minimum absolute atomic E-state index is 0.00439. The summed E-state index contributed by atoms with van der Waals surface area (Å²) in [7, 11) is 0. The van der Waals surface area contributed by atoms with Gasteiger partial charge in [0.15, 0.2) is 0 Å². The van der Waals surface area contributed by atoms with Gasteiger partial charge in [0.1, 0.15) is 0 Å². The van der Waals surface area contributed by atoms with Crippen molar-refractivity contribution >= 4 is 34.8 Å². The summed E-state index contributed by atoms with van der Waals surface area (Å²) in [6, 6.07) is 5.27. The number of rotatable bonds is 2. The van der Waals surface area contributed by atoms with Crippen LogP contribution in [0.4, 0.5) is 5.69 Å². The largest absolute Gasteiger partial charge is 0.324 e. The standard InChI is InChI=1S/C17H19Cl2NO/c1-10-16(2,3)11-7-8-17(10,9-11)15(21)20-13-6-4-5-12(18)14(13)19/h4-6,11H,1,7-9H2,2-3H3,(H,20,21)/t11-,17-/m0/s1. The zero-order chi connectivity index (χ0) is 15.4. The van der Waals surface area contributed by atoms with E-state index in [2.05, 4.69) is 25.7 Å². The van der Waals surface area contributed by atoms with E-state index in [9.17, 15) is 4.79 Å². The average molecular weight is 324 g/mol. The fourth-order valence-corrected chi connectivity index (χ4v) is 4.33. The maximum absolute atomic E-state index is 12.9. The molecule has 0 radical (unpaired) electrons. The van der Waals surface area contributed by atoms with Crippen molar-refractivity contribution in [2.24, 2.45) is 16.7 Å². The summed E-state index contributed by atoms with van der Waals surface area (Å²) in [4.78, 5) is 12.9. The third kappa shape index (κ3) is 2.03. The van der Waals surface area contributed by atoms with Crippen LogP contribution in [-0.2, 0) is 4.79 Å². The molecule has 0 spiro atoms. The molecule has 0 heterocycles. The molecule has 2 aliphatic rings. The van der Waals surface area contributed by atoms with Gasteiger partial charge in [-0.05, 0) is 42.7 Å². The highest BCUT2D eigenvalue weighted by atomic mass is 35.5. The molecule has 0 aromatic heterocycles. The summed E-state index contributed by atoms with van der Waals surface area (Å²) in [6.07, 6.45) is 2.86. The van der Waals surface area contributed by atoms with Crippen molar-refractivity contribution in [2.75, 3.05) is 5.32 Å². The molecule has 1 aromatic rings. The Morgan fingerprint density at radius 3 is 2.71 bits per heavy atom. The van der Waals surface area contributed by atoms with Crippen molar-refractivity contribution in [1.29, 1.82) is 0 Å². The summed E-state index contributed by atoms with van der Waals surface area (Å²) in [5.74, 6) is 0.551. The molecule has 2 aliphatic carbocycles. The van der Waals surface area contributed by atoms with Crippen LogP contribution in [0.3, 0.4) is 0 Å². The van der Waals surface area contributed by atoms with Crippen molar-refractivity contribution in [3.63, 3.8) is 0 Å². The molecule has 112 valence electrons. The van der Waals surface area contributed by atoms with Crippen molar-refractivity contribution in [2.45, 2.75) is 33.1 Å². The third-order valence-electron chi connectivity index (χ3n) is 5.52. The average Bonchev–Trinajstić information content (AvgIpc) is 2.96. The van der Waals surface area contributed by atoms with Crippen molar-refractivity contribution in [1.82, 2.24) is 0 Å². The second-order valence-electron chi connectivity index (χ2n) is 6.78. The van der Waals surface area contributed by atoms with Gasteiger partial charge in [0, 0.05) is 0 Å². The Balaban J connectivity index is 1.90. The first-order valence-corrected chi connectivity index (χ1v) is 8.00. The van der Waals surface area contributed by atoms with E-state index < -0.39 is 5.41 Å². The minimum Gasteiger partial charge on any atom is -0.324 e. The molecule has 21 heavy (non-hydrogen) atoms. The van der Waals surface area contributed by atoms with Gasteiger partial charge in [-0.25, -0.2) is 0 Å². The number of nitrogens with one attached hydrogen (secondary N) is 1. The van der Waals surface area contributed by atoms with Gasteiger partial charge in [-0.2, -0.15) is 0 Å². The van der Waals surface area contributed by atoms with E-state index in [1.54, 1.807) is 18.2 Å². The van der Waals surface area contributed by atoms with E-state index in [0.717, 1.165) is 24.8 Å². The summed E-state index contributed by atoms with van der Waals surface area (Å²) < 4.78 is 0. The molecular weight excluding hydrogens is 305 g/mol. The maximum atomic E-state index is 12.9. The summed E-state index contributed by atoms with van der Waals surface area (Å²) >= 11 is 12.2. The van der Waals surface area contributed by atoms with Crippen LogP contribution in [0.1, 0.15) is 33.1 Å². The Morgan fingerprint density at radius 2 is 2.10 bits per heavy atom. The minimum atomic E-state index is -0.445. The number of halogens is 2. The summed E-state index contributed by atoms with van der Waals surface area (Å²) in [6.45, 7) is 8.63. The van der Waals surface area contributed by atoms with Crippen LogP contribution in [0, 0.1) is 16.7 Å². The Labute approximate surface area is 135 Å². The van der Waals surface area contributed by atoms with Gasteiger partial charge < -0.3 is 5.32 Å². The SMILES string of the molecule is C=C1C(C)(C)[C@H]2CC[C@]1(C(=O)Nc1cccc(Cl)c1Cl)C2. The predicted molar refractivity (Wildman–Crippen MR) is 87.8 cm³/mol. The maximum Gasteiger partial charge on any atom is 0.234 e. The normalized spacial score (nSPS) is 29.7. The molecule has 1 N–H and O–H groups in total. The van der Waals surface area contributed by atoms with E-state index in [1.165, 1.54) is 0 Å². The van der Waals surface area contributed by atoms with E-state index in [4.69, 9.17) is 23.2 Å². The van der Waals surface area contributed by atoms with Gasteiger partial charge >= 0.3 is 0 Å². The number of carbonyl (C=O) groups excluding carboxylic acids is 1. The Bertz CT molecular complexity index is 638. The van der Waals surface area contributed by atoms with Crippen LogP contribution in [0.2, 0.25) is 10.0 Å². The van der Waals surface area contributed by atoms with Gasteiger partial charge in [0.05, 0.1) is 21.1 Å². The molecule has 2 atom stereocenters. The van der Waals surface area contributed by atoms with Crippen LogP contribution in [0.25, 0.3) is 0 Å². The van der Waals surface area contributed by atoms with Crippen LogP contribution >= 0.6 is 23.2 Å². The molecule has 2 bridgehead atoms. The fraction of sp³-hybridized carbons (Fsp3) is 0.471. The van der Waals surface area contributed by atoms with Crippen LogP contribution < -0.4 is 5.32 Å². The number of fused-ring (bicyclic) bond motifs is 2. The quantitative estimate of drug-likeness (QED) is 0.734. The second-order valence-corrected chi connectivity index (χ2v) is 7.56. The lowest BCUT2D eigenvalue weighted by Gasteiger charge is -2.37. The number of carbonyl (C=O) groups is 1. The van der Waals surface area contributed by atoms with E-state index in [0.29, 0.717) is 21.7 Å². The highest BCUT2D eigenvalue weighted by Gasteiger charge is 2.60. The molecule has 1 amide bonds. The molecular formula is C17H19Cl2NO. The molecule has 3 rings (SSSR count). The van der Waals surface area contributed by atoms with E-state index in [1.807, 2.05) is 0 Å². The summed E-state index contributed by atoms with van der Waals surface area (Å²) in [5, 5.41) is 3.80. The predicted octanol–water partition coefficient (Wildman–Crippen LogP) is 5.31. The highest BCUT2D eigenvalue weighted by Crippen LogP contribution is 2.65. The topological polar surface area (TPSA) is 29.1 Å². The Kier molecular flexibility index (Phi) is 3.38. The highest BCUT2D eigenvalue weighted by molar-refractivity contribution is 6.44. The number of benzene rings is 1. The molecule has 2 nitrogen and oxygen atoms in total. The summed E-state index contributed by atoms with van der Waals surface area (Å²) in [5.41, 5.74) is 1.22. The lowest BCUT2D eigenvalue weighted by molar-refractivity contribution is -0.123. The van der Waals surface area contributed by atoms with E-state index in [-0.39, 0.29) is 11.3 Å². The van der Waals surface area contributed by atoms with Crippen molar-refractivity contribution < 1.29 is 4.79 Å². The smallest absolute Gasteiger partial charge is 0.234 e. The number of anilines is 1. The molecule has 2 saturated carbocycles. The van der Waals surface area contributed by atoms with E-state index >= 15 is 0 Å². The Hall–Kier alpha value is -0.990. The fourth-order valence-electron chi connectivity index (χ4n) is 3.98. The molecule has 0 aliphatic heterocycles. The molecule has 0 saturated heterocycles. The lowest BCUT2D eigenvalue weighted by Crippen LogP contribution is -2.37. The second kappa shape index (κ2) is 4.76. The van der Waals surface area contributed by atoms with Crippen LogP contribution in [-0.4, -0.2) is 5.91 Å². The zero-order valence-electron chi connectivity index (χ0n) is 12.3. The molecule has 0 unspecified atom stereocenters. The van der Waals surface area contributed by atoms with Gasteiger partial charge in [-0.3, -0.25) is 4.79 Å². The monoisotopic (exact) mass is 323 g/mol. The van der Waals surface area contributed by atoms with Gasteiger partial charge in [-0.1, -0.05) is 55.3 Å². The molecule has 1 aromatic carbocycles. The first-order chi connectivity index (χ1) is 9.79. The first-order valence-electron chi connectivity index (χ1n) is 7.24. The van der Waals surface area contributed by atoms with Crippen molar-refractivity contribution in [3.05, 3.63) is 40.4 Å². The number of hydrogen-bond acceptors (Lipinski definition) is 1. The lowest BCUT2D eigenvalue weighted by atomic mass is 9.68. The number of hydrogen-bond donors (Lipinski definition) is 1. The first kappa shape index (κ1) is 14.9. The van der Waals surface area contributed by atoms with Crippen LogP contribution in [0.5, 0.6) is 0 Å². The third-order valence-corrected chi connectivity index (χ3v) is 6.34. The van der Waals surface area contributed by atoms with Crippen LogP contribution in [0.15, 0.2) is 30.4 Å². The molecule has 4 heteroatoms. The van der Waals surface area contributed by atoms with Gasteiger partial charge in [-0.15, -0.1) is 0 Å². The Morgan fingerprint density at radius 1 is 1.38 bits per heavy atom. The van der Waals surface area contributed by atoms with Gasteiger partial charge in [0.2, 0.25) is 5.91 Å². The van der Waals surface area contributed by atoms with Gasteiger partial charge in [0.25, 0.3) is 0 Å². The number of amides is 1. The molecule has 2 fully saturated rings.